The van der Waals surface area contributed by atoms with Crippen LogP contribution in [-0.2, 0) is 0 Å². The van der Waals surface area contributed by atoms with Gasteiger partial charge in [0.05, 0.1) is 5.56 Å². The number of nitrogens with zero attached hydrogens (tertiary/aromatic N) is 4. The van der Waals surface area contributed by atoms with Crippen molar-refractivity contribution in [2.24, 2.45) is 0 Å². The molecule has 3 aromatic carbocycles. The van der Waals surface area contributed by atoms with Gasteiger partial charge in [-0.05, 0) is 62.3 Å². The number of pyridine rings is 1. The summed E-state index contributed by atoms with van der Waals surface area (Å²) in [6, 6.07) is 30.1. The van der Waals surface area contributed by atoms with Crippen molar-refractivity contribution in [3.63, 3.8) is 0 Å². The minimum Gasteiger partial charge on any atom is -0.338 e. The molecule has 0 atom stereocenters. The van der Waals surface area contributed by atoms with Gasteiger partial charge in [-0.3, -0.25) is 14.7 Å². The number of rotatable bonds is 5. The summed E-state index contributed by atoms with van der Waals surface area (Å²) >= 11 is 0. The van der Waals surface area contributed by atoms with Crippen molar-refractivity contribution in [1.82, 2.24) is 14.8 Å². The Morgan fingerprint density at radius 3 is 2.00 bits per heavy atom. The zero-order valence-corrected chi connectivity index (χ0v) is 22.2. The highest BCUT2D eigenvalue weighted by atomic mass is 16.2. The lowest BCUT2D eigenvalue weighted by atomic mass is 9.85. The second-order valence-corrected chi connectivity index (χ2v) is 11.0. The third kappa shape index (κ3) is 4.79. The molecule has 0 aliphatic carbocycles. The Balaban J connectivity index is 1.11. The second kappa shape index (κ2) is 10.6. The average Bonchev–Trinajstić information content (AvgIpc) is 2.98. The van der Waals surface area contributed by atoms with E-state index in [-0.39, 0.29) is 11.4 Å². The van der Waals surface area contributed by atoms with Gasteiger partial charge in [-0.25, -0.2) is 0 Å². The summed E-state index contributed by atoms with van der Waals surface area (Å²) in [6.45, 7) is 6.15. The Morgan fingerprint density at radius 1 is 0.789 bits per heavy atom. The Kier molecular flexibility index (Phi) is 6.86. The first-order chi connectivity index (χ1) is 18.6. The molecule has 2 aliphatic heterocycles. The van der Waals surface area contributed by atoms with Crippen LogP contribution in [-0.4, -0.2) is 58.5 Å². The number of aromatic nitrogens is 1. The molecule has 0 spiro atoms. The number of piperidine rings is 2. The fourth-order valence-corrected chi connectivity index (χ4v) is 6.38. The van der Waals surface area contributed by atoms with Crippen LogP contribution in [0.15, 0.2) is 97.3 Å². The van der Waals surface area contributed by atoms with Gasteiger partial charge in [0, 0.05) is 66.9 Å². The molecule has 0 saturated carbocycles. The molecule has 6 rings (SSSR count). The minimum absolute atomic E-state index is 0.108. The van der Waals surface area contributed by atoms with Crippen molar-refractivity contribution in [3.8, 4) is 0 Å². The topological polar surface area (TPSA) is 39.7 Å². The van der Waals surface area contributed by atoms with E-state index in [9.17, 15) is 4.79 Å². The highest BCUT2D eigenvalue weighted by Gasteiger charge is 2.39. The van der Waals surface area contributed by atoms with Crippen molar-refractivity contribution >= 4 is 28.1 Å². The Morgan fingerprint density at radius 2 is 1.37 bits per heavy atom. The summed E-state index contributed by atoms with van der Waals surface area (Å²) in [4.78, 5) is 25.0. The van der Waals surface area contributed by atoms with Crippen LogP contribution in [0.3, 0.4) is 0 Å². The van der Waals surface area contributed by atoms with Crippen molar-refractivity contribution in [1.29, 1.82) is 0 Å². The number of likely N-dealkylation sites (tertiary alicyclic amines) is 2. The first-order valence-electron chi connectivity index (χ1n) is 13.9. The zero-order chi connectivity index (χ0) is 26.0. The van der Waals surface area contributed by atoms with E-state index < -0.39 is 0 Å². The SMILES string of the molecule is CC1(N2CCC(N(c3ccccc3)c3ccccc3)CC2)CCN(C(=O)c2cncc3ccccc23)CC1. The number of carbonyl (C=O) groups is 1. The molecule has 5 heteroatoms. The molecule has 194 valence electrons. The molecule has 0 radical (unpaired) electrons. The number of carbonyl (C=O) groups excluding carboxylic acids is 1. The van der Waals surface area contributed by atoms with Gasteiger partial charge < -0.3 is 9.80 Å². The number of amides is 1. The number of hydrogen-bond donors (Lipinski definition) is 0. The Labute approximate surface area is 225 Å². The lowest BCUT2D eigenvalue weighted by molar-refractivity contribution is 0.0178. The van der Waals surface area contributed by atoms with Gasteiger partial charge in [-0.2, -0.15) is 0 Å². The normalized spacial score (nSPS) is 18.4. The summed E-state index contributed by atoms with van der Waals surface area (Å²) in [5.74, 6) is 0.108. The predicted octanol–water partition coefficient (Wildman–Crippen LogP) is 6.53. The molecule has 0 unspecified atom stereocenters. The highest BCUT2D eigenvalue weighted by Crippen LogP contribution is 2.36. The van der Waals surface area contributed by atoms with Crippen LogP contribution >= 0.6 is 0 Å². The van der Waals surface area contributed by atoms with E-state index in [0.29, 0.717) is 6.04 Å². The zero-order valence-electron chi connectivity index (χ0n) is 22.2. The molecule has 5 nitrogen and oxygen atoms in total. The van der Waals surface area contributed by atoms with Gasteiger partial charge in [0.15, 0.2) is 0 Å². The maximum absolute atomic E-state index is 13.5. The fourth-order valence-electron chi connectivity index (χ4n) is 6.38. The van der Waals surface area contributed by atoms with E-state index in [1.807, 2.05) is 35.4 Å². The molecule has 2 aliphatic rings. The summed E-state index contributed by atoms with van der Waals surface area (Å²) in [7, 11) is 0. The molecule has 3 heterocycles. The molecule has 0 bridgehead atoms. The van der Waals surface area contributed by atoms with Crippen molar-refractivity contribution in [2.45, 2.75) is 44.2 Å². The third-order valence-electron chi connectivity index (χ3n) is 8.69. The molecule has 2 fully saturated rings. The molecule has 2 saturated heterocycles. The lowest BCUT2D eigenvalue weighted by Crippen LogP contribution is -2.57. The van der Waals surface area contributed by atoms with E-state index in [1.54, 1.807) is 6.20 Å². The number of para-hydroxylation sites is 2. The van der Waals surface area contributed by atoms with Gasteiger partial charge in [0.1, 0.15) is 0 Å². The van der Waals surface area contributed by atoms with E-state index in [1.165, 1.54) is 11.4 Å². The number of fused-ring (bicyclic) bond motifs is 1. The summed E-state index contributed by atoms with van der Waals surface area (Å²) in [5, 5.41) is 2.01. The molecular formula is C33H36N4O. The predicted molar refractivity (Wildman–Crippen MR) is 155 cm³/mol. The quantitative estimate of drug-likeness (QED) is 0.310. The smallest absolute Gasteiger partial charge is 0.256 e. The van der Waals surface area contributed by atoms with Gasteiger partial charge in [-0.1, -0.05) is 60.7 Å². The van der Waals surface area contributed by atoms with E-state index in [4.69, 9.17) is 0 Å². The molecule has 4 aromatic rings. The van der Waals surface area contributed by atoms with Crippen LogP contribution < -0.4 is 4.90 Å². The lowest BCUT2D eigenvalue weighted by Gasteiger charge is -2.50. The fraction of sp³-hybridized carbons (Fsp3) is 0.333. The van der Waals surface area contributed by atoms with Gasteiger partial charge >= 0.3 is 0 Å². The van der Waals surface area contributed by atoms with Gasteiger partial charge in [0.2, 0.25) is 0 Å². The van der Waals surface area contributed by atoms with E-state index >= 15 is 0 Å². The monoisotopic (exact) mass is 504 g/mol. The maximum Gasteiger partial charge on any atom is 0.256 e. The van der Waals surface area contributed by atoms with E-state index in [0.717, 1.165) is 68.2 Å². The van der Waals surface area contributed by atoms with Gasteiger partial charge in [-0.15, -0.1) is 0 Å². The standard InChI is InChI=1S/C33H36N4O/c1-33(18-22-35(23-19-33)32(38)31-25-34-24-26-10-8-9-15-30(26)31)36-20-16-29(17-21-36)37(27-11-4-2-5-12-27)28-13-6-3-7-14-28/h2-15,24-25,29H,16-23H2,1H3. The largest absolute Gasteiger partial charge is 0.338 e. The van der Waals surface area contributed by atoms with Crippen LogP contribution in [0.1, 0.15) is 43.0 Å². The molecule has 0 N–H and O–H groups in total. The summed E-state index contributed by atoms with van der Waals surface area (Å²) in [5.41, 5.74) is 3.37. The number of hydrogen-bond acceptors (Lipinski definition) is 4. The first-order valence-corrected chi connectivity index (χ1v) is 13.9. The molecule has 38 heavy (non-hydrogen) atoms. The van der Waals surface area contributed by atoms with Crippen LogP contribution in [0.5, 0.6) is 0 Å². The number of anilines is 2. The average molecular weight is 505 g/mol. The van der Waals surface area contributed by atoms with Crippen LogP contribution in [0.25, 0.3) is 10.8 Å². The van der Waals surface area contributed by atoms with Crippen LogP contribution in [0.2, 0.25) is 0 Å². The first kappa shape index (κ1) is 24.6. The second-order valence-electron chi connectivity index (χ2n) is 11.0. The Hall–Kier alpha value is -3.70. The van der Waals surface area contributed by atoms with Crippen molar-refractivity contribution < 1.29 is 4.79 Å². The van der Waals surface area contributed by atoms with Gasteiger partial charge in [0.25, 0.3) is 5.91 Å². The summed E-state index contributed by atoms with van der Waals surface area (Å²) in [6.07, 6.45) is 7.83. The van der Waals surface area contributed by atoms with Crippen LogP contribution in [0, 0.1) is 0 Å². The highest BCUT2D eigenvalue weighted by molar-refractivity contribution is 6.06. The molecular weight excluding hydrogens is 468 g/mol. The number of benzene rings is 3. The maximum atomic E-state index is 13.5. The third-order valence-corrected chi connectivity index (χ3v) is 8.69. The van der Waals surface area contributed by atoms with E-state index in [2.05, 4.69) is 82.4 Å². The van der Waals surface area contributed by atoms with Crippen molar-refractivity contribution in [2.75, 3.05) is 31.1 Å². The van der Waals surface area contributed by atoms with Crippen LogP contribution in [0.4, 0.5) is 11.4 Å². The van der Waals surface area contributed by atoms with Crippen molar-refractivity contribution in [3.05, 3.63) is 103 Å². The molecule has 1 aromatic heterocycles. The Bertz CT molecular complexity index is 1330. The molecule has 1 amide bonds. The summed E-state index contributed by atoms with van der Waals surface area (Å²) < 4.78 is 0. The minimum atomic E-state index is 0.108.